The third kappa shape index (κ3) is 3.14. The summed E-state index contributed by atoms with van der Waals surface area (Å²) in [7, 11) is 0. The van der Waals surface area contributed by atoms with E-state index in [1.54, 1.807) is 0 Å². The van der Waals surface area contributed by atoms with Crippen LogP contribution in [0.25, 0.3) is 0 Å². The molecule has 2 heterocycles. The van der Waals surface area contributed by atoms with Crippen molar-refractivity contribution in [3.05, 3.63) is 48.0 Å². The third-order valence-corrected chi connectivity index (χ3v) is 2.83. The average Bonchev–Trinajstić information content (AvgIpc) is 2.85. The van der Waals surface area contributed by atoms with Crippen LogP contribution in [0.4, 0.5) is 0 Å². The molecule has 2 rings (SSSR count). The summed E-state index contributed by atoms with van der Waals surface area (Å²) >= 11 is 0. The molecule has 90 valence electrons. The molecule has 1 N–H and O–H groups in total. The predicted octanol–water partition coefficient (Wildman–Crippen LogP) is 2.15. The summed E-state index contributed by atoms with van der Waals surface area (Å²) in [4.78, 5) is 4.02. The molecule has 0 aliphatic carbocycles. The van der Waals surface area contributed by atoms with Gasteiger partial charge < -0.3 is 5.32 Å². The van der Waals surface area contributed by atoms with E-state index < -0.39 is 0 Å². The first-order valence-electron chi connectivity index (χ1n) is 5.94. The highest BCUT2D eigenvalue weighted by molar-refractivity contribution is 5.14. The topological polar surface area (TPSA) is 42.7 Å². The van der Waals surface area contributed by atoms with Crippen molar-refractivity contribution in [2.75, 3.05) is 0 Å². The molecule has 0 unspecified atom stereocenters. The number of hydrogen-bond acceptors (Lipinski definition) is 3. The lowest BCUT2D eigenvalue weighted by Gasteiger charge is -2.12. The van der Waals surface area contributed by atoms with Gasteiger partial charge in [-0.1, -0.05) is 0 Å². The Morgan fingerprint density at radius 1 is 1.35 bits per heavy atom. The van der Waals surface area contributed by atoms with Gasteiger partial charge in [0.05, 0.1) is 6.20 Å². The van der Waals surface area contributed by atoms with Crippen LogP contribution < -0.4 is 5.32 Å². The summed E-state index contributed by atoms with van der Waals surface area (Å²) in [6.07, 6.45) is 7.63. The van der Waals surface area contributed by atoms with Gasteiger partial charge in [0.2, 0.25) is 0 Å². The quantitative estimate of drug-likeness (QED) is 0.855. The normalized spacial score (nSPS) is 12.6. The molecule has 0 saturated carbocycles. The Morgan fingerprint density at radius 2 is 2.12 bits per heavy atom. The smallest absolute Gasteiger partial charge is 0.0534 e. The first-order valence-corrected chi connectivity index (χ1v) is 5.94. The predicted molar refractivity (Wildman–Crippen MR) is 67.4 cm³/mol. The summed E-state index contributed by atoms with van der Waals surface area (Å²) in [5.74, 6) is 0. The summed E-state index contributed by atoms with van der Waals surface area (Å²) in [6, 6.07) is 4.39. The Hall–Kier alpha value is -1.68. The SMILES string of the molecule is CCn1cc(CN[C@H](C)c2ccncc2)cn1. The van der Waals surface area contributed by atoms with Gasteiger partial charge in [0, 0.05) is 43.3 Å². The minimum Gasteiger partial charge on any atom is -0.306 e. The molecule has 0 amide bonds. The van der Waals surface area contributed by atoms with Crippen LogP contribution in [0.5, 0.6) is 0 Å². The van der Waals surface area contributed by atoms with E-state index in [4.69, 9.17) is 0 Å². The van der Waals surface area contributed by atoms with Crippen LogP contribution in [0.3, 0.4) is 0 Å². The molecule has 17 heavy (non-hydrogen) atoms. The molecule has 2 aromatic rings. The molecule has 0 radical (unpaired) electrons. The zero-order valence-corrected chi connectivity index (χ0v) is 10.3. The number of aryl methyl sites for hydroxylation is 1. The largest absolute Gasteiger partial charge is 0.306 e. The molecule has 0 bridgehead atoms. The molecule has 0 spiro atoms. The lowest BCUT2D eigenvalue weighted by atomic mass is 10.1. The van der Waals surface area contributed by atoms with Crippen molar-refractivity contribution in [2.24, 2.45) is 0 Å². The lowest BCUT2D eigenvalue weighted by molar-refractivity contribution is 0.573. The van der Waals surface area contributed by atoms with Crippen molar-refractivity contribution in [2.45, 2.75) is 33.0 Å². The summed E-state index contributed by atoms with van der Waals surface area (Å²) < 4.78 is 1.94. The second kappa shape index (κ2) is 5.59. The van der Waals surface area contributed by atoms with Crippen LogP contribution in [-0.2, 0) is 13.1 Å². The number of aromatic nitrogens is 3. The van der Waals surface area contributed by atoms with Crippen LogP contribution in [0.15, 0.2) is 36.9 Å². The van der Waals surface area contributed by atoms with Crippen LogP contribution in [0.1, 0.15) is 31.0 Å². The van der Waals surface area contributed by atoms with Crippen molar-refractivity contribution < 1.29 is 0 Å². The number of pyridine rings is 1. The van der Waals surface area contributed by atoms with Gasteiger partial charge in [0.25, 0.3) is 0 Å². The highest BCUT2D eigenvalue weighted by Gasteiger charge is 2.04. The van der Waals surface area contributed by atoms with Gasteiger partial charge in [-0.05, 0) is 31.5 Å². The maximum Gasteiger partial charge on any atom is 0.0534 e. The average molecular weight is 230 g/mol. The molecule has 4 nitrogen and oxygen atoms in total. The summed E-state index contributed by atoms with van der Waals surface area (Å²) in [5, 5.41) is 7.72. The van der Waals surface area contributed by atoms with Crippen LogP contribution in [0, 0.1) is 0 Å². The van der Waals surface area contributed by atoms with Crippen LogP contribution in [-0.4, -0.2) is 14.8 Å². The minimum absolute atomic E-state index is 0.322. The van der Waals surface area contributed by atoms with Crippen molar-refractivity contribution in [3.8, 4) is 0 Å². The maximum atomic E-state index is 4.25. The fourth-order valence-corrected chi connectivity index (χ4v) is 1.71. The van der Waals surface area contributed by atoms with Crippen molar-refractivity contribution in [1.29, 1.82) is 0 Å². The number of nitrogens with one attached hydrogen (secondary N) is 1. The molecule has 0 aromatic carbocycles. The first-order chi connectivity index (χ1) is 8.29. The summed E-state index contributed by atoms with van der Waals surface area (Å²) in [6.45, 7) is 5.99. The Morgan fingerprint density at radius 3 is 2.76 bits per heavy atom. The van der Waals surface area contributed by atoms with Crippen molar-refractivity contribution >= 4 is 0 Å². The Bertz CT molecular complexity index is 449. The second-order valence-corrected chi connectivity index (χ2v) is 4.09. The standard InChI is InChI=1S/C13H18N4/c1-3-17-10-12(9-16-17)8-15-11(2)13-4-6-14-7-5-13/h4-7,9-11,15H,3,8H2,1-2H3/t11-/m1/s1. The van der Waals surface area contributed by atoms with Gasteiger partial charge in [-0.25, -0.2) is 0 Å². The number of nitrogens with zero attached hydrogens (tertiary/aromatic N) is 3. The molecule has 0 aliphatic rings. The van der Waals surface area contributed by atoms with E-state index in [1.807, 2.05) is 35.4 Å². The third-order valence-electron chi connectivity index (χ3n) is 2.83. The van der Waals surface area contributed by atoms with E-state index in [-0.39, 0.29) is 0 Å². The molecule has 0 fully saturated rings. The highest BCUT2D eigenvalue weighted by atomic mass is 15.3. The minimum atomic E-state index is 0.322. The zero-order valence-electron chi connectivity index (χ0n) is 10.3. The van der Waals surface area contributed by atoms with Gasteiger partial charge in [-0.3, -0.25) is 9.67 Å². The number of rotatable bonds is 5. The molecule has 0 aliphatic heterocycles. The maximum absolute atomic E-state index is 4.25. The van der Waals surface area contributed by atoms with Gasteiger partial charge >= 0.3 is 0 Å². The fourth-order valence-electron chi connectivity index (χ4n) is 1.71. The number of hydrogen-bond donors (Lipinski definition) is 1. The van der Waals surface area contributed by atoms with Crippen molar-refractivity contribution in [1.82, 2.24) is 20.1 Å². The van der Waals surface area contributed by atoms with Crippen LogP contribution >= 0.6 is 0 Å². The van der Waals surface area contributed by atoms with E-state index >= 15 is 0 Å². The Balaban J connectivity index is 1.90. The second-order valence-electron chi connectivity index (χ2n) is 4.09. The lowest BCUT2D eigenvalue weighted by Crippen LogP contribution is -2.17. The highest BCUT2D eigenvalue weighted by Crippen LogP contribution is 2.11. The monoisotopic (exact) mass is 230 g/mol. The fraction of sp³-hybridized carbons (Fsp3) is 0.385. The molecular formula is C13H18N4. The van der Waals surface area contributed by atoms with Gasteiger partial charge in [-0.2, -0.15) is 5.10 Å². The molecular weight excluding hydrogens is 212 g/mol. The zero-order chi connectivity index (χ0) is 12.1. The first kappa shape index (κ1) is 11.8. The Labute approximate surface area is 102 Å². The van der Waals surface area contributed by atoms with Crippen LogP contribution in [0.2, 0.25) is 0 Å². The molecule has 4 heteroatoms. The van der Waals surface area contributed by atoms with E-state index in [1.165, 1.54) is 11.1 Å². The van der Waals surface area contributed by atoms with E-state index in [2.05, 4.69) is 35.4 Å². The van der Waals surface area contributed by atoms with Gasteiger partial charge in [0.1, 0.15) is 0 Å². The molecule has 2 aromatic heterocycles. The van der Waals surface area contributed by atoms with Crippen molar-refractivity contribution in [3.63, 3.8) is 0 Å². The Kier molecular flexibility index (Phi) is 3.88. The van der Waals surface area contributed by atoms with E-state index in [0.717, 1.165) is 13.1 Å². The summed E-state index contributed by atoms with van der Waals surface area (Å²) in [5.41, 5.74) is 2.47. The molecule has 1 atom stereocenters. The van der Waals surface area contributed by atoms with Gasteiger partial charge in [-0.15, -0.1) is 0 Å². The van der Waals surface area contributed by atoms with Gasteiger partial charge in [0.15, 0.2) is 0 Å². The van der Waals surface area contributed by atoms with E-state index in [0.29, 0.717) is 6.04 Å². The van der Waals surface area contributed by atoms with E-state index in [9.17, 15) is 0 Å². The molecule has 0 saturated heterocycles.